The molecule has 0 spiro atoms. The summed E-state index contributed by atoms with van der Waals surface area (Å²) in [7, 11) is 0. The third-order valence-electron chi connectivity index (χ3n) is 5.24. The minimum Gasteiger partial charge on any atom is -0.449 e. The number of aromatic nitrogens is 3. The minimum absolute atomic E-state index is 0.0386. The maximum Gasteiger partial charge on any atom is 0.289 e. The van der Waals surface area contributed by atoms with Gasteiger partial charge in [0.1, 0.15) is 10.7 Å². The van der Waals surface area contributed by atoms with Gasteiger partial charge in [0.15, 0.2) is 0 Å². The van der Waals surface area contributed by atoms with Gasteiger partial charge >= 0.3 is 0 Å². The van der Waals surface area contributed by atoms with Crippen LogP contribution in [0.3, 0.4) is 0 Å². The average molecular weight is 495 g/mol. The van der Waals surface area contributed by atoms with Crippen molar-refractivity contribution in [3.63, 3.8) is 0 Å². The first kappa shape index (κ1) is 22.9. The molecule has 0 radical (unpaired) electrons. The van der Waals surface area contributed by atoms with Gasteiger partial charge in [-0.25, -0.2) is 9.97 Å². The van der Waals surface area contributed by atoms with E-state index in [1.165, 1.54) is 6.07 Å². The molecule has 1 unspecified atom stereocenters. The van der Waals surface area contributed by atoms with E-state index < -0.39 is 11.4 Å². The van der Waals surface area contributed by atoms with Crippen LogP contribution >= 0.6 is 11.6 Å². The molecule has 1 aliphatic rings. The van der Waals surface area contributed by atoms with Crippen LogP contribution in [0.5, 0.6) is 11.8 Å². The first-order valence-electron chi connectivity index (χ1n) is 11.0. The summed E-state index contributed by atoms with van der Waals surface area (Å²) in [5, 5.41) is 10.6. The van der Waals surface area contributed by atoms with Crippen LogP contribution in [0.1, 0.15) is 48.9 Å². The highest BCUT2D eigenvalue weighted by Gasteiger charge is 2.27. The highest BCUT2D eigenvalue weighted by molar-refractivity contribution is 6.29. The Kier molecular flexibility index (Phi) is 5.47. The van der Waals surface area contributed by atoms with Crippen molar-refractivity contribution in [2.45, 2.75) is 39.3 Å². The van der Waals surface area contributed by atoms with Gasteiger partial charge in [-0.3, -0.25) is 9.59 Å². The Hall–Kier alpha value is -3.92. The molecule has 11 heteroatoms. The number of hydrogen-bond acceptors (Lipinski definition) is 8. The predicted octanol–water partition coefficient (Wildman–Crippen LogP) is 4.29. The summed E-state index contributed by atoms with van der Waals surface area (Å²) in [6.45, 7) is 8.04. The molecule has 0 saturated carbocycles. The number of anilines is 1. The number of ether oxygens (including phenoxy) is 1. The summed E-state index contributed by atoms with van der Waals surface area (Å²) in [6.07, 6.45) is 0. The molecule has 35 heavy (non-hydrogen) atoms. The molecule has 5 rings (SSSR count). The van der Waals surface area contributed by atoms with Crippen molar-refractivity contribution in [2.75, 3.05) is 11.9 Å². The number of nitrogens with zero attached hydrogens (tertiary/aromatic N) is 3. The van der Waals surface area contributed by atoms with Gasteiger partial charge in [0.05, 0.1) is 16.6 Å². The van der Waals surface area contributed by atoms with E-state index in [0.717, 1.165) is 10.8 Å². The van der Waals surface area contributed by atoms with Crippen molar-refractivity contribution in [1.29, 1.82) is 0 Å². The second-order valence-electron chi connectivity index (χ2n) is 9.38. The molecule has 4 aromatic rings. The lowest BCUT2D eigenvalue weighted by Gasteiger charge is -2.19. The first-order valence-corrected chi connectivity index (χ1v) is 11.4. The first-order chi connectivity index (χ1) is 16.6. The minimum atomic E-state index is -0.467. The fraction of sp³-hybridized carbons (Fsp3) is 0.292. The lowest BCUT2D eigenvalue weighted by Crippen LogP contribution is -2.41. The number of halogens is 1. The summed E-state index contributed by atoms with van der Waals surface area (Å²) >= 11 is 6.10. The van der Waals surface area contributed by atoms with E-state index in [0.29, 0.717) is 23.3 Å². The predicted molar refractivity (Wildman–Crippen MR) is 131 cm³/mol. The van der Waals surface area contributed by atoms with E-state index in [1.807, 2.05) is 33.8 Å². The van der Waals surface area contributed by atoms with E-state index >= 15 is 0 Å². The number of rotatable bonds is 3. The fourth-order valence-corrected chi connectivity index (χ4v) is 3.99. The molecule has 10 nitrogen and oxygen atoms in total. The molecule has 180 valence electrons. The van der Waals surface area contributed by atoms with Crippen LogP contribution in [0, 0.1) is 0 Å². The largest absolute Gasteiger partial charge is 0.449 e. The number of amides is 2. The van der Waals surface area contributed by atoms with Crippen molar-refractivity contribution >= 4 is 51.0 Å². The zero-order valence-electron chi connectivity index (χ0n) is 19.5. The summed E-state index contributed by atoms with van der Waals surface area (Å²) in [6, 6.07) is 8.42. The Morgan fingerprint density at radius 2 is 1.97 bits per heavy atom. The molecular weight excluding hydrogens is 472 g/mol. The Morgan fingerprint density at radius 3 is 2.74 bits per heavy atom. The smallest absolute Gasteiger partial charge is 0.289 e. The molecule has 0 saturated heterocycles. The molecule has 0 fully saturated rings. The molecule has 0 aliphatic carbocycles. The molecule has 1 aliphatic heterocycles. The van der Waals surface area contributed by atoms with Gasteiger partial charge in [-0.1, -0.05) is 11.6 Å². The van der Waals surface area contributed by atoms with Gasteiger partial charge in [-0.05, 0) is 45.9 Å². The quantitative estimate of drug-likeness (QED) is 0.359. The molecule has 1 atom stereocenters. The van der Waals surface area contributed by atoms with Crippen LogP contribution in [0.4, 0.5) is 5.69 Å². The number of benzene rings is 1. The van der Waals surface area contributed by atoms with Crippen LogP contribution in [-0.2, 0) is 0 Å². The molecule has 4 heterocycles. The van der Waals surface area contributed by atoms with Crippen molar-refractivity contribution in [3.8, 4) is 11.8 Å². The second kappa shape index (κ2) is 8.38. The summed E-state index contributed by atoms with van der Waals surface area (Å²) in [4.78, 5) is 37.7. The lowest BCUT2D eigenvalue weighted by molar-refractivity contribution is 0.0903. The third-order valence-corrected chi connectivity index (χ3v) is 5.43. The fourth-order valence-electron chi connectivity index (χ4n) is 3.82. The monoisotopic (exact) mass is 494 g/mol. The Balaban J connectivity index is 1.50. The topological polar surface area (TPSA) is 131 Å². The summed E-state index contributed by atoms with van der Waals surface area (Å²) < 4.78 is 11.7. The average Bonchev–Trinajstić information content (AvgIpc) is 3.08. The van der Waals surface area contributed by atoms with Crippen molar-refractivity contribution < 1.29 is 18.7 Å². The molecule has 3 aromatic heterocycles. The number of nitrogens with one attached hydrogen (secondary N) is 3. The van der Waals surface area contributed by atoms with Crippen LogP contribution in [0.15, 0.2) is 34.7 Å². The molecule has 3 N–H and O–H groups in total. The molecule has 1 aromatic carbocycles. The van der Waals surface area contributed by atoms with E-state index in [1.54, 1.807) is 18.2 Å². The van der Waals surface area contributed by atoms with E-state index in [4.69, 9.17) is 20.8 Å². The Labute approximate surface area is 205 Å². The Bertz CT molecular complexity index is 1490. The number of furan rings is 1. The number of hydrogen-bond donors (Lipinski definition) is 3. The maximum absolute atomic E-state index is 12.5. The SMILES string of the molecule is CC1CNc2c(oc3ccc4nc(Oc5cc(Cl)nc(C(=O)NC(C)(C)C)n5)ccc4c23)C(=O)N1. The Morgan fingerprint density at radius 1 is 1.17 bits per heavy atom. The van der Waals surface area contributed by atoms with Gasteiger partial charge in [0.2, 0.25) is 23.3 Å². The van der Waals surface area contributed by atoms with E-state index in [-0.39, 0.29) is 40.4 Å². The van der Waals surface area contributed by atoms with Gasteiger partial charge in [0, 0.05) is 35.6 Å². The molecular formula is C24H23ClN6O4. The second-order valence-corrected chi connectivity index (χ2v) is 9.76. The highest BCUT2D eigenvalue weighted by atomic mass is 35.5. The lowest BCUT2D eigenvalue weighted by atomic mass is 10.1. The van der Waals surface area contributed by atoms with Gasteiger partial charge in [0.25, 0.3) is 11.8 Å². The number of fused-ring (bicyclic) bond motifs is 5. The van der Waals surface area contributed by atoms with E-state index in [9.17, 15) is 9.59 Å². The number of carbonyl (C=O) groups is 2. The number of pyridine rings is 1. The van der Waals surface area contributed by atoms with Crippen LogP contribution in [0.2, 0.25) is 5.15 Å². The van der Waals surface area contributed by atoms with Crippen LogP contribution in [0.25, 0.3) is 21.9 Å². The number of carbonyl (C=O) groups excluding carboxylic acids is 2. The van der Waals surface area contributed by atoms with Gasteiger partial charge in [-0.2, -0.15) is 4.98 Å². The molecule has 0 bridgehead atoms. The zero-order chi connectivity index (χ0) is 24.9. The molecule has 2 amide bonds. The third kappa shape index (κ3) is 4.57. The standard InChI is InChI=1S/C24H23ClN6O4/c1-11-10-26-19-18-12-5-8-16(28-13(12)6-7-14(18)34-20(19)22(32)27-11)35-17-9-15(25)29-21(30-17)23(33)31-24(2,3)4/h5-9,11,26H,10H2,1-4H3,(H,27,32)(H,31,33). The van der Waals surface area contributed by atoms with Gasteiger partial charge in [-0.15, -0.1) is 0 Å². The van der Waals surface area contributed by atoms with Crippen molar-refractivity contribution in [3.05, 3.63) is 47.1 Å². The normalized spacial score (nSPS) is 15.8. The van der Waals surface area contributed by atoms with Crippen molar-refractivity contribution in [1.82, 2.24) is 25.6 Å². The van der Waals surface area contributed by atoms with Crippen molar-refractivity contribution in [2.24, 2.45) is 0 Å². The highest BCUT2D eigenvalue weighted by Crippen LogP contribution is 2.37. The maximum atomic E-state index is 12.5. The van der Waals surface area contributed by atoms with E-state index in [2.05, 4.69) is 30.9 Å². The van der Waals surface area contributed by atoms with Gasteiger partial charge < -0.3 is 25.1 Å². The van der Waals surface area contributed by atoms with Crippen LogP contribution < -0.4 is 20.7 Å². The van der Waals surface area contributed by atoms with Crippen LogP contribution in [-0.4, -0.2) is 44.9 Å². The summed E-state index contributed by atoms with van der Waals surface area (Å²) in [5.41, 5.74) is 1.38. The summed E-state index contributed by atoms with van der Waals surface area (Å²) in [5.74, 6) is -0.255. The zero-order valence-corrected chi connectivity index (χ0v) is 20.3.